The predicted molar refractivity (Wildman–Crippen MR) is 119 cm³/mol. The number of ether oxygens (including phenoxy) is 2. The Hall–Kier alpha value is -2.60. The Morgan fingerprint density at radius 1 is 1.10 bits per heavy atom. The number of aliphatic imine (C=N–C) groups is 1. The van der Waals surface area contributed by atoms with Crippen LogP contribution in [0.25, 0.3) is 0 Å². The first-order valence-electron chi connectivity index (χ1n) is 10.6. The van der Waals surface area contributed by atoms with Gasteiger partial charge in [-0.3, -0.25) is 4.99 Å². The number of benzene rings is 2. The lowest BCUT2D eigenvalue weighted by atomic mass is 9.74. The molecule has 3 rings (SSSR count). The molecule has 162 valence electrons. The van der Waals surface area contributed by atoms with E-state index < -0.39 is 0 Å². The zero-order valence-corrected chi connectivity index (χ0v) is 17.9. The molecule has 1 heterocycles. The number of para-hydroxylation sites is 1. The highest BCUT2D eigenvalue weighted by Crippen LogP contribution is 2.35. The molecule has 1 aliphatic rings. The van der Waals surface area contributed by atoms with Gasteiger partial charge in [-0.05, 0) is 55.5 Å². The monoisotopic (exact) mass is 413 g/mol. The van der Waals surface area contributed by atoms with Crippen LogP contribution >= 0.6 is 0 Å². The second-order valence-electron chi connectivity index (χ2n) is 7.58. The van der Waals surface area contributed by atoms with Crippen molar-refractivity contribution in [2.24, 2.45) is 4.99 Å². The topological polar surface area (TPSA) is 54.9 Å². The number of nitrogens with zero attached hydrogens (tertiary/aromatic N) is 1. The largest absolute Gasteiger partial charge is 0.496 e. The van der Waals surface area contributed by atoms with E-state index in [2.05, 4.69) is 23.6 Å². The van der Waals surface area contributed by atoms with E-state index in [1.165, 1.54) is 12.1 Å². The van der Waals surface area contributed by atoms with Gasteiger partial charge >= 0.3 is 0 Å². The number of rotatable bonds is 8. The molecule has 0 atom stereocenters. The fourth-order valence-electron chi connectivity index (χ4n) is 3.90. The number of halogens is 1. The number of guanidine groups is 1. The minimum absolute atomic E-state index is 0.128. The van der Waals surface area contributed by atoms with Crippen LogP contribution in [0.5, 0.6) is 5.75 Å². The maximum Gasteiger partial charge on any atom is 0.191 e. The van der Waals surface area contributed by atoms with Crippen LogP contribution in [0.3, 0.4) is 0 Å². The molecule has 0 radical (unpaired) electrons. The van der Waals surface area contributed by atoms with Gasteiger partial charge < -0.3 is 20.1 Å². The van der Waals surface area contributed by atoms with Crippen LogP contribution in [0, 0.1) is 5.82 Å². The van der Waals surface area contributed by atoms with Crippen LogP contribution in [0.1, 0.15) is 30.9 Å². The summed E-state index contributed by atoms with van der Waals surface area (Å²) < 4.78 is 24.5. The second kappa shape index (κ2) is 11.0. The van der Waals surface area contributed by atoms with Crippen LogP contribution in [0.4, 0.5) is 4.39 Å². The lowest BCUT2D eigenvalue weighted by Crippen LogP contribution is -2.41. The fourth-order valence-corrected chi connectivity index (χ4v) is 3.90. The quantitative estimate of drug-likeness (QED) is 0.512. The van der Waals surface area contributed by atoms with Gasteiger partial charge in [-0.15, -0.1) is 0 Å². The van der Waals surface area contributed by atoms with Gasteiger partial charge in [-0.1, -0.05) is 30.3 Å². The summed E-state index contributed by atoms with van der Waals surface area (Å²) in [5.41, 5.74) is 2.16. The summed E-state index contributed by atoms with van der Waals surface area (Å²) in [4.78, 5) is 4.90. The van der Waals surface area contributed by atoms with Crippen molar-refractivity contribution in [3.8, 4) is 5.75 Å². The lowest BCUT2D eigenvalue weighted by Gasteiger charge is -2.36. The van der Waals surface area contributed by atoms with Gasteiger partial charge in [0.1, 0.15) is 11.6 Å². The van der Waals surface area contributed by atoms with Gasteiger partial charge in [0.2, 0.25) is 0 Å². The zero-order chi connectivity index (χ0) is 21.2. The van der Waals surface area contributed by atoms with Crippen molar-refractivity contribution in [3.05, 3.63) is 65.5 Å². The van der Waals surface area contributed by atoms with Gasteiger partial charge in [-0.25, -0.2) is 4.39 Å². The predicted octanol–water partition coefficient (Wildman–Crippen LogP) is 3.68. The first-order valence-corrected chi connectivity index (χ1v) is 10.6. The van der Waals surface area contributed by atoms with Crippen LogP contribution < -0.4 is 15.4 Å². The second-order valence-corrected chi connectivity index (χ2v) is 7.58. The summed E-state index contributed by atoms with van der Waals surface area (Å²) in [5, 5.41) is 6.76. The van der Waals surface area contributed by atoms with E-state index in [-0.39, 0.29) is 11.2 Å². The molecule has 0 aliphatic carbocycles. The SMILES string of the molecule is CCNC(=NCC1(c2ccc(F)cc2)CCOCC1)NCCc1ccccc1OC. The zero-order valence-electron chi connectivity index (χ0n) is 17.9. The molecule has 0 unspecified atom stereocenters. The van der Waals surface area contributed by atoms with Gasteiger partial charge in [0, 0.05) is 31.7 Å². The summed E-state index contributed by atoms with van der Waals surface area (Å²) in [6.07, 6.45) is 2.59. The van der Waals surface area contributed by atoms with Crippen molar-refractivity contribution in [2.75, 3.05) is 40.0 Å². The highest BCUT2D eigenvalue weighted by Gasteiger charge is 2.34. The molecule has 2 aromatic rings. The van der Waals surface area contributed by atoms with Crippen molar-refractivity contribution >= 4 is 5.96 Å². The van der Waals surface area contributed by atoms with E-state index in [1.807, 2.05) is 30.3 Å². The molecule has 6 heteroatoms. The van der Waals surface area contributed by atoms with E-state index in [1.54, 1.807) is 7.11 Å². The number of methoxy groups -OCH3 is 1. The average Bonchev–Trinajstić information content (AvgIpc) is 2.79. The molecule has 0 aromatic heterocycles. The Bertz CT molecular complexity index is 817. The van der Waals surface area contributed by atoms with Crippen LogP contribution in [-0.4, -0.2) is 45.9 Å². The highest BCUT2D eigenvalue weighted by molar-refractivity contribution is 5.79. The van der Waals surface area contributed by atoms with E-state index >= 15 is 0 Å². The van der Waals surface area contributed by atoms with Gasteiger partial charge in [-0.2, -0.15) is 0 Å². The molecule has 0 bridgehead atoms. The normalized spacial score (nSPS) is 16.2. The smallest absolute Gasteiger partial charge is 0.191 e. The molecule has 5 nitrogen and oxygen atoms in total. The van der Waals surface area contributed by atoms with Crippen molar-refractivity contribution < 1.29 is 13.9 Å². The minimum Gasteiger partial charge on any atom is -0.496 e. The molecule has 0 spiro atoms. The van der Waals surface area contributed by atoms with Crippen molar-refractivity contribution in [3.63, 3.8) is 0 Å². The Balaban J connectivity index is 1.69. The maximum absolute atomic E-state index is 13.4. The molecule has 30 heavy (non-hydrogen) atoms. The van der Waals surface area contributed by atoms with E-state index in [0.29, 0.717) is 19.8 Å². The Kier molecular flexibility index (Phi) is 8.08. The van der Waals surface area contributed by atoms with Crippen molar-refractivity contribution in [1.82, 2.24) is 10.6 Å². The number of hydrogen-bond acceptors (Lipinski definition) is 3. The third kappa shape index (κ3) is 5.72. The Labute approximate surface area is 178 Å². The summed E-state index contributed by atoms with van der Waals surface area (Å²) in [7, 11) is 1.70. The molecule has 0 saturated carbocycles. The molecule has 2 aromatic carbocycles. The summed E-state index contributed by atoms with van der Waals surface area (Å²) in [6.45, 7) is 5.62. The summed E-state index contributed by atoms with van der Waals surface area (Å²) in [6, 6.07) is 14.9. The fraction of sp³-hybridized carbons (Fsp3) is 0.458. The Morgan fingerprint density at radius 2 is 1.83 bits per heavy atom. The van der Waals surface area contributed by atoms with E-state index in [4.69, 9.17) is 14.5 Å². The summed E-state index contributed by atoms with van der Waals surface area (Å²) in [5.74, 6) is 1.48. The van der Waals surface area contributed by atoms with E-state index in [0.717, 1.165) is 55.2 Å². The van der Waals surface area contributed by atoms with Crippen LogP contribution in [0.2, 0.25) is 0 Å². The third-order valence-electron chi connectivity index (χ3n) is 5.67. The van der Waals surface area contributed by atoms with Crippen molar-refractivity contribution in [1.29, 1.82) is 0 Å². The molecule has 1 fully saturated rings. The number of nitrogens with one attached hydrogen (secondary N) is 2. The number of hydrogen-bond donors (Lipinski definition) is 2. The average molecular weight is 414 g/mol. The van der Waals surface area contributed by atoms with Crippen LogP contribution in [0.15, 0.2) is 53.5 Å². The minimum atomic E-state index is -0.212. The standard InChI is InChI=1S/C24H32FN3O2/c1-3-26-23(27-15-12-19-6-4-5-7-22(19)29-2)28-18-24(13-16-30-17-14-24)20-8-10-21(25)11-9-20/h4-11H,3,12-18H2,1-2H3,(H2,26,27,28). The highest BCUT2D eigenvalue weighted by atomic mass is 19.1. The lowest BCUT2D eigenvalue weighted by molar-refractivity contribution is 0.0531. The third-order valence-corrected chi connectivity index (χ3v) is 5.67. The van der Waals surface area contributed by atoms with Crippen LogP contribution in [-0.2, 0) is 16.6 Å². The molecular formula is C24H32FN3O2. The molecule has 2 N–H and O–H groups in total. The molecule has 1 saturated heterocycles. The molecule has 1 aliphatic heterocycles. The van der Waals surface area contributed by atoms with Gasteiger partial charge in [0.25, 0.3) is 0 Å². The van der Waals surface area contributed by atoms with Gasteiger partial charge in [0.05, 0.1) is 13.7 Å². The molecule has 0 amide bonds. The van der Waals surface area contributed by atoms with E-state index in [9.17, 15) is 4.39 Å². The first-order chi connectivity index (χ1) is 14.7. The van der Waals surface area contributed by atoms with Crippen molar-refractivity contribution in [2.45, 2.75) is 31.6 Å². The maximum atomic E-state index is 13.4. The Morgan fingerprint density at radius 3 is 2.53 bits per heavy atom. The first kappa shape index (κ1) is 22.1. The summed E-state index contributed by atoms with van der Waals surface area (Å²) >= 11 is 0. The molecular weight excluding hydrogens is 381 g/mol. The van der Waals surface area contributed by atoms with Gasteiger partial charge in [0.15, 0.2) is 5.96 Å².